The Labute approximate surface area is 111 Å². The Hall–Kier alpha value is -1.70. The number of aliphatic hydroxyl groups excluding tert-OH is 1. The maximum Gasteiger partial charge on any atom is 0.274 e. The summed E-state index contributed by atoms with van der Waals surface area (Å²) in [6.45, 7) is 1.31. The number of nitrogens with one attached hydrogen (secondary N) is 2. The van der Waals surface area contributed by atoms with Crippen LogP contribution in [0.15, 0.2) is 18.3 Å². The first-order valence-electron chi connectivity index (χ1n) is 5.97. The fraction of sp³-hybridized carbons (Fsp3) is 0.500. The van der Waals surface area contributed by atoms with E-state index in [0.717, 1.165) is 0 Å². The average molecular weight is 269 g/mol. The van der Waals surface area contributed by atoms with Gasteiger partial charge in [0.05, 0.1) is 19.8 Å². The van der Waals surface area contributed by atoms with E-state index in [-0.39, 0.29) is 13.2 Å². The Kier molecular flexibility index (Phi) is 6.80. The van der Waals surface area contributed by atoms with Crippen LogP contribution in [0.25, 0.3) is 0 Å². The molecule has 1 aromatic heterocycles. The molecule has 1 aromatic rings. The van der Waals surface area contributed by atoms with E-state index in [1.807, 2.05) is 0 Å². The first-order valence-corrected chi connectivity index (χ1v) is 5.97. The van der Waals surface area contributed by atoms with Crippen molar-refractivity contribution in [2.75, 3.05) is 40.0 Å². The molecule has 1 rings (SSSR count). The van der Waals surface area contributed by atoms with Crippen LogP contribution in [0.3, 0.4) is 0 Å². The maximum absolute atomic E-state index is 11.7. The molecule has 0 saturated heterocycles. The van der Waals surface area contributed by atoms with Crippen molar-refractivity contribution in [3.63, 3.8) is 0 Å². The van der Waals surface area contributed by atoms with Gasteiger partial charge >= 0.3 is 0 Å². The molecule has 3 N–H and O–H groups in total. The number of ether oxygens (including phenoxy) is 1. The molecule has 1 heterocycles. The van der Waals surface area contributed by atoms with E-state index >= 15 is 0 Å². The standard InChI is InChI=1S/C12H19N3O4/c1-19-8-6-15(5-7-16)9-11(17)14-12(18)10-3-2-4-13-10/h2-4,13,16H,5-9H2,1H3,(H,14,17,18). The van der Waals surface area contributed by atoms with Gasteiger partial charge in [0.1, 0.15) is 5.69 Å². The predicted octanol–water partition coefficient (Wildman–Crippen LogP) is -0.788. The zero-order valence-corrected chi connectivity index (χ0v) is 10.9. The molecule has 106 valence electrons. The fourth-order valence-corrected chi connectivity index (χ4v) is 1.54. The van der Waals surface area contributed by atoms with Gasteiger partial charge in [-0.1, -0.05) is 0 Å². The van der Waals surface area contributed by atoms with Gasteiger partial charge in [0, 0.05) is 26.4 Å². The summed E-state index contributed by atoms with van der Waals surface area (Å²) < 4.78 is 4.91. The van der Waals surface area contributed by atoms with Crippen molar-refractivity contribution in [2.24, 2.45) is 0 Å². The third kappa shape index (κ3) is 5.64. The number of amides is 2. The van der Waals surface area contributed by atoms with E-state index in [4.69, 9.17) is 9.84 Å². The second-order valence-corrected chi connectivity index (χ2v) is 3.95. The number of imide groups is 1. The highest BCUT2D eigenvalue weighted by Gasteiger charge is 2.14. The summed E-state index contributed by atoms with van der Waals surface area (Å²) in [5.41, 5.74) is 0.332. The number of carbonyl (C=O) groups is 2. The van der Waals surface area contributed by atoms with E-state index in [1.54, 1.807) is 30.3 Å². The van der Waals surface area contributed by atoms with Gasteiger partial charge in [-0.15, -0.1) is 0 Å². The minimum Gasteiger partial charge on any atom is -0.395 e. The quantitative estimate of drug-likeness (QED) is 0.575. The normalized spacial score (nSPS) is 10.7. The molecule has 0 aliphatic carbocycles. The largest absolute Gasteiger partial charge is 0.395 e. The third-order valence-electron chi connectivity index (χ3n) is 2.49. The van der Waals surface area contributed by atoms with Crippen LogP contribution in [-0.4, -0.2) is 66.8 Å². The molecule has 0 atom stereocenters. The molecule has 19 heavy (non-hydrogen) atoms. The van der Waals surface area contributed by atoms with Crippen molar-refractivity contribution in [2.45, 2.75) is 0 Å². The summed E-state index contributed by atoms with van der Waals surface area (Å²) in [6.07, 6.45) is 1.61. The van der Waals surface area contributed by atoms with Crippen molar-refractivity contribution in [3.8, 4) is 0 Å². The predicted molar refractivity (Wildman–Crippen MR) is 68.7 cm³/mol. The SMILES string of the molecule is COCCN(CCO)CC(=O)NC(=O)c1ccc[nH]1. The van der Waals surface area contributed by atoms with E-state index in [2.05, 4.69) is 10.3 Å². The van der Waals surface area contributed by atoms with Crippen molar-refractivity contribution < 1.29 is 19.4 Å². The number of methoxy groups -OCH3 is 1. The van der Waals surface area contributed by atoms with Gasteiger partial charge in [-0.3, -0.25) is 19.8 Å². The van der Waals surface area contributed by atoms with Crippen LogP contribution in [0.4, 0.5) is 0 Å². The number of hydrogen-bond acceptors (Lipinski definition) is 5. The van der Waals surface area contributed by atoms with Gasteiger partial charge in [-0.2, -0.15) is 0 Å². The van der Waals surface area contributed by atoms with Gasteiger partial charge in [-0.25, -0.2) is 0 Å². The Morgan fingerprint density at radius 1 is 1.47 bits per heavy atom. The lowest BCUT2D eigenvalue weighted by atomic mass is 10.4. The number of aromatic amines is 1. The Balaban J connectivity index is 2.41. The molecule has 0 saturated carbocycles. The van der Waals surface area contributed by atoms with Gasteiger partial charge < -0.3 is 14.8 Å². The van der Waals surface area contributed by atoms with Gasteiger partial charge in [-0.05, 0) is 12.1 Å². The summed E-state index contributed by atoms with van der Waals surface area (Å²) in [7, 11) is 1.56. The minimum absolute atomic E-state index is 0.0381. The molecule has 7 nitrogen and oxygen atoms in total. The van der Waals surface area contributed by atoms with Crippen molar-refractivity contribution in [1.82, 2.24) is 15.2 Å². The van der Waals surface area contributed by atoms with Gasteiger partial charge in [0.15, 0.2) is 0 Å². The first kappa shape index (κ1) is 15.4. The number of aromatic nitrogens is 1. The molecule has 0 aromatic carbocycles. The number of aliphatic hydroxyl groups is 1. The summed E-state index contributed by atoms with van der Waals surface area (Å²) in [5, 5.41) is 11.2. The number of H-pyrrole nitrogens is 1. The molecular weight excluding hydrogens is 250 g/mol. The third-order valence-corrected chi connectivity index (χ3v) is 2.49. The van der Waals surface area contributed by atoms with Crippen LogP contribution in [-0.2, 0) is 9.53 Å². The first-order chi connectivity index (χ1) is 9.17. The van der Waals surface area contributed by atoms with E-state index in [0.29, 0.717) is 25.4 Å². The summed E-state index contributed by atoms with van der Waals surface area (Å²) in [6, 6.07) is 3.26. The number of rotatable bonds is 8. The smallest absolute Gasteiger partial charge is 0.274 e. The summed E-state index contributed by atoms with van der Waals surface area (Å²) in [4.78, 5) is 27.7. The van der Waals surface area contributed by atoms with Crippen LogP contribution < -0.4 is 5.32 Å². The zero-order chi connectivity index (χ0) is 14.1. The highest BCUT2D eigenvalue weighted by Crippen LogP contribution is 1.94. The molecule has 0 aliphatic heterocycles. The lowest BCUT2D eigenvalue weighted by molar-refractivity contribution is -0.121. The number of hydrogen-bond donors (Lipinski definition) is 3. The van der Waals surface area contributed by atoms with Crippen LogP contribution >= 0.6 is 0 Å². The zero-order valence-electron chi connectivity index (χ0n) is 10.9. The highest BCUT2D eigenvalue weighted by molar-refractivity contribution is 6.04. The van der Waals surface area contributed by atoms with Crippen molar-refractivity contribution in [3.05, 3.63) is 24.0 Å². The molecule has 0 unspecified atom stereocenters. The monoisotopic (exact) mass is 269 g/mol. The lowest BCUT2D eigenvalue weighted by Crippen LogP contribution is -2.42. The fourth-order valence-electron chi connectivity index (χ4n) is 1.54. The van der Waals surface area contributed by atoms with Crippen LogP contribution in [0.2, 0.25) is 0 Å². The Morgan fingerprint density at radius 3 is 2.84 bits per heavy atom. The van der Waals surface area contributed by atoms with Crippen molar-refractivity contribution >= 4 is 11.8 Å². The maximum atomic E-state index is 11.7. The van der Waals surface area contributed by atoms with Crippen LogP contribution in [0, 0.1) is 0 Å². The number of nitrogens with zero attached hydrogens (tertiary/aromatic N) is 1. The second-order valence-electron chi connectivity index (χ2n) is 3.95. The van der Waals surface area contributed by atoms with Crippen LogP contribution in [0.1, 0.15) is 10.5 Å². The summed E-state index contributed by atoms with van der Waals surface area (Å²) in [5.74, 6) is -0.880. The molecule has 0 bridgehead atoms. The molecular formula is C12H19N3O4. The molecule has 2 amide bonds. The van der Waals surface area contributed by atoms with Gasteiger partial charge in [0.25, 0.3) is 5.91 Å². The minimum atomic E-state index is -0.467. The molecule has 0 spiro atoms. The molecule has 7 heteroatoms. The molecule has 0 aliphatic rings. The highest BCUT2D eigenvalue weighted by atomic mass is 16.5. The Bertz CT molecular complexity index is 392. The number of carbonyl (C=O) groups excluding carboxylic acids is 2. The molecule has 0 radical (unpaired) electrons. The molecule has 0 fully saturated rings. The summed E-state index contributed by atoms with van der Waals surface area (Å²) >= 11 is 0. The van der Waals surface area contributed by atoms with E-state index in [1.165, 1.54) is 0 Å². The van der Waals surface area contributed by atoms with Crippen LogP contribution in [0.5, 0.6) is 0 Å². The topological polar surface area (TPSA) is 94.7 Å². The Morgan fingerprint density at radius 2 is 2.26 bits per heavy atom. The van der Waals surface area contributed by atoms with Gasteiger partial charge in [0.2, 0.25) is 5.91 Å². The van der Waals surface area contributed by atoms with E-state index < -0.39 is 11.8 Å². The van der Waals surface area contributed by atoms with E-state index in [9.17, 15) is 9.59 Å². The lowest BCUT2D eigenvalue weighted by Gasteiger charge is -2.19. The second kappa shape index (κ2) is 8.41. The van der Waals surface area contributed by atoms with Crippen molar-refractivity contribution in [1.29, 1.82) is 0 Å². The average Bonchev–Trinajstić information content (AvgIpc) is 2.90.